The standard InChI is InChI=1S/C23H20FNO5S/c1-3-30-17-10-12(7-8-16(17)29-2)15-11-18(26)25-20-19(13-5-4-6-14(24)9-13)22(23(27)28)31-21(15)20/h4-10,15H,3,11H2,1-2H3,(H,25,26)(H,27,28). The molecule has 4 rings (SSSR count). The van der Waals surface area contributed by atoms with Crippen LogP contribution in [0.2, 0.25) is 0 Å². The summed E-state index contributed by atoms with van der Waals surface area (Å²) >= 11 is 1.10. The summed E-state index contributed by atoms with van der Waals surface area (Å²) in [5.74, 6) is -1.09. The van der Waals surface area contributed by atoms with Crippen LogP contribution in [0.3, 0.4) is 0 Å². The highest BCUT2D eigenvalue weighted by molar-refractivity contribution is 7.15. The Morgan fingerprint density at radius 2 is 2.06 bits per heavy atom. The molecule has 1 aliphatic rings. The first kappa shape index (κ1) is 20.9. The number of hydrogen-bond acceptors (Lipinski definition) is 5. The van der Waals surface area contributed by atoms with E-state index in [4.69, 9.17) is 9.47 Å². The number of fused-ring (bicyclic) bond motifs is 1. The third-order valence-electron chi connectivity index (χ3n) is 5.10. The Morgan fingerprint density at radius 3 is 2.74 bits per heavy atom. The van der Waals surface area contributed by atoms with Crippen molar-refractivity contribution >= 4 is 28.9 Å². The molecule has 31 heavy (non-hydrogen) atoms. The minimum Gasteiger partial charge on any atom is -0.493 e. The largest absolute Gasteiger partial charge is 0.493 e. The summed E-state index contributed by atoms with van der Waals surface area (Å²) in [6, 6.07) is 11.1. The highest BCUT2D eigenvalue weighted by Crippen LogP contribution is 2.50. The Balaban J connectivity index is 1.89. The fourth-order valence-electron chi connectivity index (χ4n) is 3.80. The number of carboxylic acids is 1. The van der Waals surface area contributed by atoms with Gasteiger partial charge in [0.15, 0.2) is 11.5 Å². The topological polar surface area (TPSA) is 84.9 Å². The number of nitrogens with one attached hydrogen (secondary N) is 1. The molecule has 0 bridgehead atoms. The smallest absolute Gasteiger partial charge is 0.346 e. The zero-order valence-corrected chi connectivity index (χ0v) is 17.7. The minimum absolute atomic E-state index is 0.0568. The molecule has 0 spiro atoms. The molecular formula is C23H20FNO5S. The number of methoxy groups -OCH3 is 1. The molecule has 1 aliphatic heterocycles. The van der Waals surface area contributed by atoms with E-state index in [-0.39, 0.29) is 23.1 Å². The summed E-state index contributed by atoms with van der Waals surface area (Å²) in [5, 5.41) is 12.6. The van der Waals surface area contributed by atoms with E-state index in [0.717, 1.165) is 16.9 Å². The first-order valence-electron chi connectivity index (χ1n) is 9.69. The van der Waals surface area contributed by atoms with Crippen molar-refractivity contribution < 1.29 is 28.6 Å². The van der Waals surface area contributed by atoms with Crippen LogP contribution in [-0.4, -0.2) is 30.7 Å². The third-order valence-corrected chi connectivity index (χ3v) is 6.39. The van der Waals surface area contributed by atoms with E-state index in [1.54, 1.807) is 19.2 Å². The van der Waals surface area contributed by atoms with E-state index in [2.05, 4.69) is 5.32 Å². The van der Waals surface area contributed by atoms with E-state index >= 15 is 0 Å². The molecule has 1 aromatic heterocycles. The lowest BCUT2D eigenvalue weighted by Gasteiger charge is -2.24. The molecular weight excluding hydrogens is 421 g/mol. The summed E-state index contributed by atoms with van der Waals surface area (Å²) in [6.45, 7) is 2.31. The van der Waals surface area contributed by atoms with Gasteiger partial charge < -0.3 is 19.9 Å². The molecule has 0 fully saturated rings. The summed E-state index contributed by atoms with van der Waals surface area (Å²) in [5.41, 5.74) is 1.96. The van der Waals surface area contributed by atoms with Crippen LogP contribution >= 0.6 is 11.3 Å². The predicted molar refractivity (Wildman–Crippen MR) is 116 cm³/mol. The van der Waals surface area contributed by atoms with Crippen molar-refractivity contribution in [3.8, 4) is 22.6 Å². The molecule has 8 heteroatoms. The van der Waals surface area contributed by atoms with Crippen LogP contribution in [0.15, 0.2) is 42.5 Å². The first-order valence-corrected chi connectivity index (χ1v) is 10.5. The van der Waals surface area contributed by atoms with Gasteiger partial charge in [0, 0.05) is 22.8 Å². The molecule has 160 valence electrons. The number of rotatable bonds is 6. The summed E-state index contributed by atoms with van der Waals surface area (Å²) < 4.78 is 24.9. The number of anilines is 1. The van der Waals surface area contributed by atoms with Crippen LogP contribution in [0.25, 0.3) is 11.1 Å². The fourth-order valence-corrected chi connectivity index (χ4v) is 5.05. The number of carbonyl (C=O) groups is 2. The molecule has 0 radical (unpaired) electrons. The van der Waals surface area contributed by atoms with Crippen molar-refractivity contribution in [2.24, 2.45) is 0 Å². The molecule has 2 heterocycles. The Kier molecular flexibility index (Phi) is 5.65. The van der Waals surface area contributed by atoms with Gasteiger partial charge in [0.25, 0.3) is 0 Å². The van der Waals surface area contributed by atoms with E-state index in [1.807, 2.05) is 19.1 Å². The van der Waals surface area contributed by atoms with Crippen LogP contribution < -0.4 is 14.8 Å². The monoisotopic (exact) mass is 441 g/mol. The number of amides is 1. The number of hydrogen-bond donors (Lipinski definition) is 2. The molecule has 0 saturated heterocycles. The van der Waals surface area contributed by atoms with Gasteiger partial charge in [0.2, 0.25) is 5.91 Å². The zero-order chi connectivity index (χ0) is 22.1. The lowest BCUT2D eigenvalue weighted by atomic mass is 9.88. The number of carbonyl (C=O) groups excluding carboxylic acids is 1. The Bertz CT molecular complexity index is 1170. The Labute approximate surface area is 182 Å². The van der Waals surface area contributed by atoms with Gasteiger partial charge in [-0.3, -0.25) is 4.79 Å². The average molecular weight is 441 g/mol. The van der Waals surface area contributed by atoms with E-state index in [1.165, 1.54) is 18.2 Å². The van der Waals surface area contributed by atoms with Gasteiger partial charge in [-0.1, -0.05) is 18.2 Å². The van der Waals surface area contributed by atoms with Crippen LogP contribution in [0.4, 0.5) is 10.1 Å². The number of thiophene rings is 1. The highest BCUT2D eigenvalue weighted by atomic mass is 32.1. The summed E-state index contributed by atoms with van der Waals surface area (Å²) in [6.07, 6.45) is 0.160. The van der Waals surface area contributed by atoms with Gasteiger partial charge >= 0.3 is 5.97 Å². The average Bonchev–Trinajstić information content (AvgIpc) is 3.13. The molecule has 0 saturated carbocycles. The van der Waals surface area contributed by atoms with Crippen LogP contribution in [0.1, 0.15) is 39.4 Å². The molecule has 1 atom stereocenters. The zero-order valence-electron chi connectivity index (χ0n) is 16.9. The molecule has 2 aromatic carbocycles. The van der Waals surface area contributed by atoms with Gasteiger partial charge in [-0.15, -0.1) is 11.3 Å². The lowest BCUT2D eigenvalue weighted by molar-refractivity contribution is -0.116. The second kappa shape index (κ2) is 8.39. The lowest BCUT2D eigenvalue weighted by Crippen LogP contribution is -2.22. The third kappa shape index (κ3) is 3.86. The summed E-state index contributed by atoms with van der Waals surface area (Å²) in [4.78, 5) is 25.4. The first-order chi connectivity index (χ1) is 14.9. The van der Waals surface area contributed by atoms with Crippen molar-refractivity contribution in [1.29, 1.82) is 0 Å². The Hall–Kier alpha value is -3.39. The number of ether oxygens (including phenoxy) is 2. The number of benzene rings is 2. The molecule has 2 N–H and O–H groups in total. The van der Waals surface area contributed by atoms with Gasteiger partial charge in [-0.05, 0) is 42.3 Å². The van der Waals surface area contributed by atoms with Gasteiger partial charge in [0.1, 0.15) is 10.7 Å². The van der Waals surface area contributed by atoms with Crippen LogP contribution in [0, 0.1) is 5.82 Å². The van der Waals surface area contributed by atoms with Gasteiger partial charge in [0.05, 0.1) is 19.4 Å². The van der Waals surface area contributed by atoms with Gasteiger partial charge in [-0.25, -0.2) is 9.18 Å². The predicted octanol–water partition coefficient (Wildman–Crippen LogP) is 5.13. The minimum atomic E-state index is -1.13. The van der Waals surface area contributed by atoms with Crippen molar-refractivity contribution in [3.05, 3.63) is 63.6 Å². The SMILES string of the molecule is CCOc1cc(C2CC(=O)Nc3c2sc(C(=O)O)c3-c2cccc(F)c2)ccc1OC. The van der Waals surface area contributed by atoms with E-state index in [0.29, 0.717) is 39.8 Å². The molecule has 6 nitrogen and oxygen atoms in total. The van der Waals surface area contributed by atoms with Crippen molar-refractivity contribution in [3.63, 3.8) is 0 Å². The second-order valence-corrected chi connectivity index (χ2v) is 8.06. The number of halogens is 1. The normalized spacial score (nSPS) is 15.2. The quantitative estimate of drug-likeness (QED) is 0.554. The molecule has 0 aliphatic carbocycles. The maximum absolute atomic E-state index is 13.9. The number of aromatic carboxylic acids is 1. The van der Waals surface area contributed by atoms with E-state index in [9.17, 15) is 19.1 Å². The molecule has 1 amide bonds. The van der Waals surface area contributed by atoms with Crippen molar-refractivity contribution in [2.75, 3.05) is 19.0 Å². The fraction of sp³-hybridized carbons (Fsp3) is 0.217. The summed E-state index contributed by atoms with van der Waals surface area (Å²) in [7, 11) is 1.55. The van der Waals surface area contributed by atoms with E-state index < -0.39 is 11.8 Å². The maximum atomic E-state index is 13.9. The highest BCUT2D eigenvalue weighted by Gasteiger charge is 2.35. The van der Waals surface area contributed by atoms with Crippen molar-refractivity contribution in [2.45, 2.75) is 19.3 Å². The van der Waals surface area contributed by atoms with Crippen molar-refractivity contribution in [1.82, 2.24) is 0 Å². The second-order valence-electron chi connectivity index (χ2n) is 7.01. The molecule has 1 unspecified atom stereocenters. The van der Waals surface area contributed by atoms with Crippen LogP contribution in [0.5, 0.6) is 11.5 Å². The Morgan fingerprint density at radius 1 is 1.26 bits per heavy atom. The van der Waals surface area contributed by atoms with Crippen LogP contribution in [-0.2, 0) is 4.79 Å². The molecule has 3 aromatic rings. The maximum Gasteiger partial charge on any atom is 0.346 e. The number of carboxylic acid groups (broad SMARTS) is 1. The van der Waals surface area contributed by atoms with Gasteiger partial charge in [-0.2, -0.15) is 0 Å².